The van der Waals surface area contributed by atoms with Crippen molar-refractivity contribution in [3.05, 3.63) is 291 Å². The molecular formula is C81H84Cl6N10O9. The lowest BCUT2D eigenvalue weighted by atomic mass is 9.72. The fraction of sp³-hybridized carbons (Fsp3) is 0.296. The minimum atomic E-state index is -1.08. The molecule has 3 aliphatic heterocycles. The normalized spacial score (nSPS) is 17.5. The van der Waals surface area contributed by atoms with Gasteiger partial charge in [0.1, 0.15) is 29.0 Å². The number of amides is 3. The molecule has 10 aromatic rings. The third-order valence-electron chi connectivity index (χ3n) is 18.5. The van der Waals surface area contributed by atoms with Crippen molar-refractivity contribution in [3.63, 3.8) is 0 Å². The number of alkyl halides is 2. The van der Waals surface area contributed by atoms with Crippen LogP contribution in [0.15, 0.2) is 226 Å². The molecule has 6 aromatic carbocycles. The van der Waals surface area contributed by atoms with Gasteiger partial charge >= 0.3 is 5.97 Å². The number of ether oxygens (including phenoxy) is 4. The fourth-order valence-corrected chi connectivity index (χ4v) is 13.9. The van der Waals surface area contributed by atoms with Crippen LogP contribution in [0.5, 0.6) is 5.75 Å². The predicted octanol–water partition coefficient (Wildman–Crippen LogP) is 16.8. The number of Topliss-reactive ketones (excluding diaryl/α,β-unsaturated/α-hetero) is 1. The number of pyridine rings is 2. The van der Waals surface area contributed by atoms with Crippen molar-refractivity contribution in [2.45, 2.75) is 107 Å². The zero-order valence-electron chi connectivity index (χ0n) is 59.5. The number of carbonyl (C=O) groups excluding carboxylic acids is 5. The first-order chi connectivity index (χ1) is 50.9. The summed E-state index contributed by atoms with van der Waals surface area (Å²) in [6, 6.07) is 53.0. The van der Waals surface area contributed by atoms with E-state index in [4.69, 9.17) is 94.3 Å². The summed E-state index contributed by atoms with van der Waals surface area (Å²) in [6.45, 7) is 15.8. The number of imidazole rings is 2. The number of hydrogen-bond acceptors (Lipinski definition) is 15. The second-order valence-electron chi connectivity index (χ2n) is 25.7. The first kappa shape index (κ1) is 80.9. The van der Waals surface area contributed by atoms with Crippen LogP contribution in [0.3, 0.4) is 0 Å². The smallest absolute Gasteiger partial charge is 0.356 e. The van der Waals surface area contributed by atoms with Crippen molar-refractivity contribution in [1.82, 2.24) is 39.3 Å². The molecule has 3 fully saturated rings. The van der Waals surface area contributed by atoms with Crippen molar-refractivity contribution in [1.29, 1.82) is 0 Å². The summed E-state index contributed by atoms with van der Waals surface area (Å²) in [7, 11) is 0. The van der Waals surface area contributed by atoms with Crippen LogP contribution in [-0.2, 0) is 51.8 Å². The SMILES string of the molecule is CC(=O)N1CCN(c2ccc(OCC3COC(Cn4ccnc4)(c4ccc(Cl)cc4Cl)O3)cc2)CC1.CC(C)(C(=O)c1cccnc1)c1cccnc1.CCC1(c2ccc(N)cc2)CCC(=O)NC1=O.CCOC(=O)c1cncn1C(C)c1ccccc1.Clc1ccc(C(c2ccccc2Cl)C(Cl)Cl)cc1. The summed E-state index contributed by atoms with van der Waals surface area (Å²) in [5.74, 6) is -1.03. The van der Waals surface area contributed by atoms with Gasteiger partial charge in [-0.05, 0) is 153 Å². The highest BCUT2D eigenvalue weighted by molar-refractivity contribution is 6.45. The number of piperazine rings is 1. The van der Waals surface area contributed by atoms with E-state index in [-0.39, 0.29) is 47.5 Å². The lowest BCUT2D eigenvalue weighted by molar-refractivity contribution is -0.189. The van der Waals surface area contributed by atoms with Crippen molar-refractivity contribution in [2.75, 3.05) is 56.6 Å². The molecule has 5 unspecified atom stereocenters. The van der Waals surface area contributed by atoms with E-state index in [9.17, 15) is 24.0 Å². The number of imide groups is 1. The quantitative estimate of drug-likeness (QED) is 0.0252. The second kappa shape index (κ2) is 38.4. The molecule has 3 amide bonds. The van der Waals surface area contributed by atoms with E-state index < -0.39 is 21.5 Å². The Morgan fingerprint density at radius 3 is 2.00 bits per heavy atom. The molecule has 554 valence electrons. The number of piperidine rings is 1. The van der Waals surface area contributed by atoms with Gasteiger partial charge in [-0.3, -0.25) is 34.5 Å². The maximum absolute atomic E-state index is 12.4. The summed E-state index contributed by atoms with van der Waals surface area (Å²) in [4.78, 5) is 78.8. The van der Waals surface area contributed by atoms with E-state index in [1.165, 1.54) is 6.20 Å². The van der Waals surface area contributed by atoms with Crippen LogP contribution in [0.4, 0.5) is 11.4 Å². The van der Waals surface area contributed by atoms with Crippen molar-refractivity contribution >= 4 is 110 Å². The third kappa shape index (κ3) is 21.1. The number of nitrogens with two attached hydrogens (primary N) is 1. The number of benzene rings is 6. The number of nitrogen functional groups attached to an aromatic ring is 1. The van der Waals surface area contributed by atoms with E-state index in [0.29, 0.717) is 88.2 Å². The number of esters is 1. The van der Waals surface area contributed by atoms with Gasteiger partial charge < -0.3 is 43.6 Å². The number of nitrogens with one attached hydrogen (secondary N) is 1. The number of anilines is 2. The monoisotopic (exact) mass is 1550 g/mol. The highest BCUT2D eigenvalue weighted by Gasteiger charge is 2.46. The molecule has 0 bridgehead atoms. The molecule has 7 heterocycles. The number of carbonyl (C=O) groups is 5. The van der Waals surface area contributed by atoms with Gasteiger partial charge in [-0.2, -0.15) is 0 Å². The Balaban J connectivity index is 0.000000160. The van der Waals surface area contributed by atoms with E-state index in [2.05, 4.69) is 30.2 Å². The molecule has 3 saturated heterocycles. The van der Waals surface area contributed by atoms with E-state index >= 15 is 0 Å². The molecular weight excluding hydrogens is 1470 g/mol. The highest BCUT2D eigenvalue weighted by atomic mass is 35.5. The van der Waals surface area contributed by atoms with Gasteiger partial charge in [-0.1, -0.05) is 138 Å². The molecule has 3 aliphatic rings. The maximum Gasteiger partial charge on any atom is 0.356 e. The third-order valence-corrected chi connectivity index (χ3v) is 20.1. The number of nitrogens with zero attached hydrogens (tertiary/aromatic N) is 8. The molecule has 106 heavy (non-hydrogen) atoms. The summed E-state index contributed by atoms with van der Waals surface area (Å²) in [6.07, 6.45) is 16.5. The van der Waals surface area contributed by atoms with Gasteiger partial charge in [0.05, 0.1) is 60.5 Å². The Hall–Kier alpha value is -9.15. The molecule has 3 N–H and O–H groups in total. The molecule has 0 aliphatic carbocycles. The van der Waals surface area contributed by atoms with Crippen LogP contribution in [0, 0.1) is 0 Å². The predicted molar refractivity (Wildman–Crippen MR) is 417 cm³/mol. The molecule has 4 aromatic heterocycles. The lowest BCUT2D eigenvalue weighted by Gasteiger charge is -2.35. The minimum absolute atomic E-state index is 0.0492. The van der Waals surface area contributed by atoms with E-state index in [1.54, 1.807) is 93.9 Å². The Morgan fingerprint density at radius 1 is 0.717 bits per heavy atom. The molecule has 5 atom stereocenters. The van der Waals surface area contributed by atoms with Gasteiger partial charge in [-0.15, -0.1) is 23.2 Å². The zero-order valence-corrected chi connectivity index (χ0v) is 64.1. The Morgan fingerprint density at radius 2 is 1.40 bits per heavy atom. The first-order valence-electron chi connectivity index (χ1n) is 34.5. The second-order valence-corrected chi connectivity index (χ2v) is 28.6. The zero-order chi connectivity index (χ0) is 76.0. The molecule has 0 radical (unpaired) electrons. The fourth-order valence-electron chi connectivity index (χ4n) is 12.4. The summed E-state index contributed by atoms with van der Waals surface area (Å²) < 4.78 is 27.4. The van der Waals surface area contributed by atoms with Gasteiger partial charge in [0.25, 0.3) is 0 Å². The van der Waals surface area contributed by atoms with Crippen LogP contribution < -0.4 is 20.7 Å². The summed E-state index contributed by atoms with van der Waals surface area (Å²) in [5.41, 5.74) is 12.9. The average Bonchev–Trinajstić information content (AvgIpc) is 1.62. The summed E-state index contributed by atoms with van der Waals surface area (Å²) >= 11 is 36.9. The summed E-state index contributed by atoms with van der Waals surface area (Å²) in [5, 5.41) is 4.78. The van der Waals surface area contributed by atoms with Crippen LogP contribution in [0.1, 0.15) is 127 Å². The van der Waals surface area contributed by atoms with Crippen molar-refractivity contribution in [2.24, 2.45) is 0 Å². The van der Waals surface area contributed by atoms with Crippen LogP contribution >= 0.6 is 69.6 Å². The Kier molecular flexibility index (Phi) is 29.3. The number of ketones is 1. The standard InChI is InChI=1S/C26H28Cl2N4O4.C14H10Cl4.C14H16N2O2.C14H14N2O.C13H16N2O2/c1-19(33)31-10-12-32(13-11-31)21-3-5-22(6-4-21)34-15-23-16-35-26(36-23,17-30-9-8-29-18-30)24-7-2-20(27)14-25(24)28;15-10-7-5-9(6-8-10)13(14(17)18)11-3-1-2-4-12(11)16;1-3-18-14(17)13-9-15-10-16(13)11(2)12-7-5-4-6-8-12;1-14(2,12-6-4-8-16-10-12)13(17)11-5-3-7-15-9-11;1-2-13(8-7-11(16)15-12(13)17)9-3-5-10(14)6-4-9/h2-9,14,18,23H,10-13,15-17H2,1H3;1-8,13-14H;4-11H,3H2,1-2H3;3-10H,1-2H3;3-6H,2,7-8,14H2,1H3,(H,15,16,17). The minimum Gasteiger partial charge on any atom is -0.491 e. The highest BCUT2D eigenvalue weighted by Crippen LogP contribution is 2.42. The lowest BCUT2D eigenvalue weighted by Crippen LogP contribution is -2.51. The number of hydrogen-bond donors (Lipinski definition) is 2. The van der Waals surface area contributed by atoms with Gasteiger partial charge in [0.2, 0.25) is 23.5 Å². The van der Waals surface area contributed by atoms with E-state index in [0.717, 1.165) is 65.4 Å². The molecule has 0 saturated carbocycles. The molecule has 13 rings (SSSR count). The number of aromatic nitrogens is 6. The van der Waals surface area contributed by atoms with Crippen LogP contribution in [0.2, 0.25) is 20.1 Å². The van der Waals surface area contributed by atoms with Crippen LogP contribution in [0.25, 0.3) is 0 Å². The first-order valence-corrected chi connectivity index (χ1v) is 36.9. The van der Waals surface area contributed by atoms with Crippen LogP contribution in [-0.4, -0.2) is 120 Å². The van der Waals surface area contributed by atoms with Gasteiger partial charge in [0.15, 0.2) is 5.78 Å². The topological polar surface area (TPSA) is 228 Å². The molecule has 19 nitrogen and oxygen atoms in total. The molecule has 0 spiro atoms. The van der Waals surface area contributed by atoms with Crippen molar-refractivity contribution < 1.29 is 42.9 Å². The van der Waals surface area contributed by atoms with Gasteiger partial charge in [-0.25, -0.2) is 14.8 Å². The van der Waals surface area contributed by atoms with Gasteiger partial charge in [0, 0.05) is 120 Å². The molecule has 25 heteroatoms. The number of rotatable bonds is 19. The largest absolute Gasteiger partial charge is 0.491 e. The van der Waals surface area contributed by atoms with Crippen molar-refractivity contribution in [3.8, 4) is 5.75 Å². The van der Waals surface area contributed by atoms with E-state index in [1.807, 2.05) is 181 Å². The average molecular weight is 1550 g/mol. The Bertz CT molecular complexity index is 4480. The number of halogens is 6. The maximum atomic E-state index is 12.4. The Labute approximate surface area is 648 Å².